The number of benzene rings is 3. The first-order valence-electron chi connectivity index (χ1n) is 10.8. The van der Waals surface area contributed by atoms with Gasteiger partial charge in [-0.15, -0.1) is 0 Å². The molecule has 0 aromatic heterocycles. The Morgan fingerprint density at radius 1 is 1.00 bits per heavy atom. The van der Waals surface area contributed by atoms with E-state index in [-0.39, 0.29) is 12.2 Å². The van der Waals surface area contributed by atoms with Gasteiger partial charge in [0.1, 0.15) is 6.10 Å². The van der Waals surface area contributed by atoms with E-state index in [1.165, 1.54) is 5.56 Å². The van der Waals surface area contributed by atoms with Crippen LogP contribution in [0.1, 0.15) is 24.2 Å². The monoisotopic (exact) mass is 437 g/mol. The van der Waals surface area contributed by atoms with Crippen molar-refractivity contribution in [2.24, 2.45) is 0 Å². The molecule has 31 heavy (non-hydrogen) atoms. The SMILES string of the molecule is CCOc1c(Cl)cccc1OC(c1ccccc1)C1CN(Cc2ccccc2)CCO1. The van der Waals surface area contributed by atoms with Crippen molar-refractivity contribution in [3.8, 4) is 11.5 Å². The van der Waals surface area contributed by atoms with Gasteiger partial charge in [0.2, 0.25) is 0 Å². The maximum atomic E-state index is 6.54. The van der Waals surface area contributed by atoms with Crippen LogP contribution in [0.3, 0.4) is 0 Å². The van der Waals surface area contributed by atoms with Crippen molar-refractivity contribution in [3.63, 3.8) is 0 Å². The minimum atomic E-state index is -0.280. The van der Waals surface area contributed by atoms with Gasteiger partial charge in [-0.25, -0.2) is 0 Å². The van der Waals surface area contributed by atoms with Crippen molar-refractivity contribution in [1.82, 2.24) is 4.90 Å². The van der Waals surface area contributed by atoms with Gasteiger partial charge in [0, 0.05) is 19.6 Å². The van der Waals surface area contributed by atoms with Gasteiger partial charge in [-0.3, -0.25) is 4.90 Å². The van der Waals surface area contributed by atoms with E-state index in [1.54, 1.807) is 0 Å². The topological polar surface area (TPSA) is 30.9 Å². The lowest BCUT2D eigenvalue weighted by atomic mass is 10.0. The van der Waals surface area contributed by atoms with Crippen LogP contribution in [0.25, 0.3) is 0 Å². The third-order valence-electron chi connectivity index (χ3n) is 5.37. The van der Waals surface area contributed by atoms with Gasteiger partial charge >= 0.3 is 0 Å². The Kier molecular flexibility index (Phi) is 7.47. The predicted molar refractivity (Wildman–Crippen MR) is 124 cm³/mol. The molecule has 0 amide bonds. The molecule has 1 aliphatic heterocycles. The second kappa shape index (κ2) is 10.7. The van der Waals surface area contributed by atoms with E-state index in [2.05, 4.69) is 41.3 Å². The van der Waals surface area contributed by atoms with Gasteiger partial charge in [0.05, 0.1) is 18.2 Å². The van der Waals surface area contributed by atoms with Crippen LogP contribution in [-0.4, -0.2) is 37.3 Å². The highest BCUT2D eigenvalue weighted by atomic mass is 35.5. The summed E-state index contributed by atoms with van der Waals surface area (Å²) < 4.78 is 18.6. The van der Waals surface area contributed by atoms with Gasteiger partial charge < -0.3 is 14.2 Å². The van der Waals surface area contributed by atoms with Gasteiger partial charge in [-0.2, -0.15) is 0 Å². The predicted octanol–water partition coefficient (Wildman–Crippen LogP) is 5.76. The quantitative estimate of drug-likeness (QED) is 0.448. The summed E-state index contributed by atoms with van der Waals surface area (Å²) in [6, 6.07) is 26.3. The zero-order valence-corrected chi connectivity index (χ0v) is 18.5. The average Bonchev–Trinajstić information content (AvgIpc) is 2.81. The molecule has 0 bridgehead atoms. The Morgan fingerprint density at radius 3 is 2.48 bits per heavy atom. The molecule has 0 N–H and O–H groups in total. The summed E-state index contributed by atoms with van der Waals surface area (Å²) in [5.41, 5.74) is 2.37. The maximum Gasteiger partial charge on any atom is 0.179 e. The van der Waals surface area contributed by atoms with Crippen LogP contribution >= 0.6 is 11.6 Å². The molecule has 1 saturated heterocycles. The third kappa shape index (κ3) is 5.59. The van der Waals surface area contributed by atoms with Crippen molar-refractivity contribution >= 4 is 11.6 Å². The van der Waals surface area contributed by atoms with E-state index >= 15 is 0 Å². The van der Waals surface area contributed by atoms with Crippen LogP contribution in [0.5, 0.6) is 11.5 Å². The molecule has 3 aromatic carbocycles. The van der Waals surface area contributed by atoms with Gasteiger partial charge in [0.25, 0.3) is 0 Å². The fraction of sp³-hybridized carbons (Fsp3) is 0.308. The summed E-state index contributed by atoms with van der Waals surface area (Å²) in [4.78, 5) is 2.42. The summed E-state index contributed by atoms with van der Waals surface area (Å²) in [7, 11) is 0. The van der Waals surface area contributed by atoms with E-state index in [9.17, 15) is 0 Å². The largest absolute Gasteiger partial charge is 0.488 e. The fourth-order valence-electron chi connectivity index (χ4n) is 3.90. The fourth-order valence-corrected chi connectivity index (χ4v) is 4.12. The molecule has 3 aromatic rings. The summed E-state index contributed by atoms with van der Waals surface area (Å²) >= 11 is 6.39. The van der Waals surface area contributed by atoms with Crippen molar-refractivity contribution in [2.75, 3.05) is 26.3 Å². The summed E-state index contributed by atoms with van der Waals surface area (Å²) in [5.74, 6) is 1.21. The van der Waals surface area contributed by atoms with Crippen LogP contribution in [0.15, 0.2) is 78.9 Å². The average molecular weight is 438 g/mol. The number of para-hydroxylation sites is 1. The van der Waals surface area contributed by atoms with E-state index in [1.807, 2.05) is 49.4 Å². The molecule has 5 heteroatoms. The lowest BCUT2D eigenvalue weighted by Gasteiger charge is -2.37. The number of halogens is 1. The maximum absolute atomic E-state index is 6.54. The number of morpholine rings is 1. The highest BCUT2D eigenvalue weighted by Crippen LogP contribution is 2.39. The summed E-state index contributed by atoms with van der Waals surface area (Å²) in [5, 5.41) is 0.543. The molecule has 4 rings (SSSR count). The molecular weight excluding hydrogens is 410 g/mol. The van der Waals surface area contributed by atoms with Crippen molar-refractivity contribution in [1.29, 1.82) is 0 Å². The third-order valence-corrected chi connectivity index (χ3v) is 5.66. The van der Waals surface area contributed by atoms with Crippen LogP contribution in [0.2, 0.25) is 5.02 Å². The molecule has 0 radical (unpaired) electrons. The Morgan fingerprint density at radius 2 is 1.74 bits per heavy atom. The molecule has 0 spiro atoms. The summed E-state index contributed by atoms with van der Waals surface area (Å²) in [6.07, 6.45) is -0.397. The van der Waals surface area contributed by atoms with E-state index in [4.69, 9.17) is 25.8 Å². The Labute approximate surface area is 189 Å². The number of nitrogens with zero attached hydrogens (tertiary/aromatic N) is 1. The van der Waals surface area contributed by atoms with E-state index < -0.39 is 0 Å². The second-order valence-electron chi connectivity index (χ2n) is 7.58. The lowest BCUT2D eigenvalue weighted by molar-refractivity contribution is -0.0843. The van der Waals surface area contributed by atoms with E-state index in [0.29, 0.717) is 29.7 Å². The molecule has 2 atom stereocenters. The lowest BCUT2D eigenvalue weighted by Crippen LogP contribution is -2.45. The normalized spacial score (nSPS) is 17.8. The van der Waals surface area contributed by atoms with Crippen LogP contribution < -0.4 is 9.47 Å². The molecule has 2 unspecified atom stereocenters. The first-order valence-corrected chi connectivity index (χ1v) is 11.1. The number of rotatable bonds is 8. The highest BCUT2D eigenvalue weighted by molar-refractivity contribution is 6.32. The Hall–Kier alpha value is -2.53. The second-order valence-corrected chi connectivity index (χ2v) is 7.99. The van der Waals surface area contributed by atoms with Crippen molar-refractivity contribution in [3.05, 3.63) is 95.0 Å². The number of hydrogen-bond donors (Lipinski definition) is 0. The smallest absolute Gasteiger partial charge is 0.179 e. The van der Waals surface area contributed by atoms with Crippen LogP contribution in [-0.2, 0) is 11.3 Å². The Balaban J connectivity index is 1.58. The van der Waals surface area contributed by atoms with Gasteiger partial charge in [0.15, 0.2) is 17.6 Å². The van der Waals surface area contributed by atoms with Crippen LogP contribution in [0, 0.1) is 0 Å². The molecule has 1 fully saturated rings. The molecular formula is C26H28ClNO3. The van der Waals surface area contributed by atoms with Crippen molar-refractivity contribution < 1.29 is 14.2 Å². The number of hydrogen-bond acceptors (Lipinski definition) is 4. The highest BCUT2D eigenvalue weighted by Gasteiger charge is 2.32. The molecule has 4 nitrogen and oxygen atoms in total. The molecule has 1 aliphatic rings. The van der Waals surface area contributed by atoms with Gasteiger partial charge in [-0.05, 0) is 30.2 Å². The summed E-state index contributed by atoms with van der Waals surface area (Å²) in [6.45, 7) is 5.68. The van der Waals surface area contributed by atoms with Crippen LogP contribution in [0.4, 0.5) is 0 Å². The minimum absolute atomic E-state index is 0.117. The van der Waals surface area contributed by atoms with Gasteiger partial charge in [-0.1, -0.05) is 78.3 Å². The molecule has 162 valence electrons. The molecule has 0 saturated carbocycles. The standard InChI is InChI=1S/C26H28ClNO3/c1-2-29-26-22(27)14-9-15-23(26)31-25(21-12-7-4-8-13-21)24-19-28(16-17-30-24)18-20-10-5-3-6-11-20/h3-15,24-25H,2,16-19H2,1H3. The zero-order chi connectivity index (χ0) is 21.5. The van der Waals surface area contributed by atoms with E-state index in [0.717, 1.165) is 25.2 Å². The molecule has 0 aliphatic carbocycles. The number of ether oxygens (including phenoxy) is 3. The molecule has 1 heterocycles. The first kappa shape index (κ1) is 21.7. The first-order chi connectivity index (χ1) is 15.2. The minimum Gasteiger partial charge on any atom is -0.488 e. The Bertz CT molecular complexity index is 951. The van der Waals surface area contributed by atoms with Crippen molar-refractivity contribution in [2.45, 2.75) is 25.7 Å². The zero-order valence-electron chi connectivity index (χ0n) is 17.7.